The highest BCUT2D eigenvalue weighted by molar-refractivity contribution is 14.0. The maximum absolute atomic E-state index is 4.75. The molecule has 1 aromatic heterocycles. The van der Waals surface area contributed by atoms with Gasteiger partial charge in [0.1, 0.15) is 0 Å². The van der Waals surface area contributed by atoms with Crippen LogP contribution in [0.1, 0.15) is 30.1 Å². The minimum atomic E-state index is 0. The first-order valence-electron chi connectivity index (χ1n) is 9.25. The molecule has 5 nitrogen and oxygen atoms in total. The molecule has 1 heterocycles. The molecule has 0 fully saturated rings. The van der Waals surface area contributed by atoms with Gasteiger partial charge in [-0.3, -0.25) is 9.89 Å². The van der Waals surface area contributed by atoms with Crippen LogP contribution in [-0.4, -0.2) is 48.6 Å². The predicted octanol–water partition coefficient (Wildman–Crippen LogP) is 3.69. The summed E-state index contributed by atoms with van der Waals surface area (Å²) < 4.78 is 0. The lowest BCUT2D eigenvalue weighted by atomic mass is 10.2. The number of rotatable bonds is 9. The molecule has 2 rings (SSSR count). The van der Waals surface area contributed by atoms with Crippen LogP contribution in [0.5, 0.6) is 0 Å². The standard InChI is InChI=1S/C20H31N5S.HI/c1-5-21-20(22-12-11-19-15-26-17(3)24-19)23-13-16(2)25(4)14-18-9-7-6-8-10-18;/h6-10,15-16H,5,11-14H2,1-4H3,(H2,21,22,23);1H. The number of aryl methyl sites for hydroxylation is 1. The normalized spacial score (nSPS) is 12.6. The number of guanidine groups is 1. The van der Waals surface area contributed by atoms with E-state index in [-0.39, 0.29) is 24.0 Å². The number of halogens is 1. The summed E-state index contributed by atoms with van der Waals surface area (Å²) in [4.78, 5) is 11.6. The number of aromatic nitrogens is 1. The summed E-state index contributed by atoms with van der Waals surface area (Å²) in [5.41, 5.74) is 2.47. The Labute approximate surface area is 184 Å². The molecule has 1 unspecified atom stereocenters. The van der Waals surface area contributed by atoms with E-state index in [0.29, 0.717) is 6.04 Å². The first-order chi connectivity index (χ1) is 12.6. The van der Waals surface area contributed by atoms with Crippen molar-refractivity contribution >= 4 is 41.3 Å². The van der Waals surface area contributed by atoms with Gasteiger partial charge in [0.25, 0.3) is 0 Å². The van der Waals surface area contributed by atoms with Gasteiger partial charge in [0.2, 0.25) is 0 Å². The SMILES string of the molecule is CCNC(=NCC(C)N(C)Cc1ccccc1)NCCc1csc(C)n1.I. The van der Waals surface area contributed by atoms with E-state index in [2.05, 4.69) is 77.1 Å². The van der Waals surface area contributed by atoms with Gasteiger partial charge < -0.3 is 10.6 Å². The van der Waals surface area contributed by atoms with E-state index in [9.17, 15) is 0 Å². The number of nitrogens with zero attached hydrogens (tertiary/aromatic N) is 3. The van der Waals surface area contributed by atoms with E-state index in [4.69, 9.17) is 4.99 Å². The molecule has 2 N–H and O–H groups in total. The topological polar surface area (TPSA) is 52.6 Å². The van der Waals surface area contributed by atoms with Gasteiger partial charge in [-0.05, 0) is 33.4 Å². The number of nitrogens with one attached hydrogen (secondary N) is 2. The molecular formula is C20H32IN5S. The molecule has 0 radical (unpaired) electrons. The van der Waals surface area contributed by atoms with Crippen LogP contribution < -0.4 is 10.6 Å². The fourth-order valence-corrected chi connectivity index (χ4v) is 3.21. The summed E-state index contributed by atoms with van der Waals surface area (Å²) in [6.07, 6.45) is 0.915. The van der Waals surface area contributed by atoms with Gasteiger partial charge in [0.15, 0.2) is 5.96 Å². The lowest BCUT2D eigenvalue weighted by Crippen LogP contribution is -2.40. The average molecular weight is 501 g/mol. The van der Waals surface area contributed by atoms with Crippen LogP contribution in [0.2, 0.25) is 0 Å². The molecule has 0 spiro atoms. The Morgan fingerprint density at radius 2 is 2.00 bits per heavy atom. The van der Waals surface area contributed by atoms with Crippen LogP contribution >= 0.6 is 35.3 Å². The van der Waals surface area contributed by atoms with E-state index in [0.717, 1.165) is 49.3 Å². The molecule has 27 heavy (non-hydrogen) atoms. The largest absolute Gasteiger partial charge is 0.357 e. The van der Waals surface area contributed by atoms with Crippen molar-refractivity contribution in [2.75, 3.05) is 26.7 Å². The second-order valence-corrected chi connectivity index (χ2v) is 7.57. The molecule has 0 amide bonds. The third kappa shape index (κ3) is 9.03. The predicted molar refractivity (Wildman–Crippen MR) is 127 cm³/mol. The lowest BCUT2D eigenvalue weighted by molar-refractivity contribution is 0.255. The van der Waals surface area contributed by atoms with Gasteiger partial charge in [0.05, 0.1) is 17.2 Å². The Bertz CT molecular complexity index is 674. The zero-order chi connectivity index (χ0) is 18.8. The van der Waals surface area contributed by atoms with E-state index < -0.39 is 0 Å². The molecule has 2 aromatic rings. The second-order valence-electron chi connectivity index (χ2n) is 6.50. The monoisotopic (exact) mass is 501 g/mol. The Hall–Kier alpha value is -1.19. The molecule has 150 valence electrons. The number of hydrogen-bond acceptors (Lipinski definition) is 4. The molecular weight excluding hydrogens is 469 g/mol. The third-order valence-electron chi connectivity index (χ3n) is 4.23. The van der Waals surface area contributed by atoms with Crippen LogP contribution in [-0.2, 0) is 13.0 Å². The Morgan fingerprint density at radius 3 is 2.63 bits per heavy atom. The minimum absolute atomic E-state index is 0. The molecule has 0 saturated carbocycles. The van der Waals surface area contributed by atoms with Gasteiger partial charge in [-0.15, -0.1) is 35.3 Å². The van der Waals surface area contributed by atoms with Crippen LogP contribution in [0.15, 0.2) is 40.7 Å². The lowest BCUT2D eigenvalue weighted by Gasteiger charge is -2.23. The highest BCUT2D eigenvalue weighted by atomic mass is 127. The maximum Gasteiger partial charge on any atom is 0.191 e. The molecule has 1 aromatic carbocycles. The van der Waals surface area contributed by atoms with E-state index >= 15 is 0 Å². The minimum Gasteiger partial charge on any atom is -0.357 e. The highest BCUT2D eigenvalue weighted by Gasteiger charge is 2.09. The summed E-state index contributed by atoms with van der Waals surface area (Å²) in [5.74, 6) is 0.874. The third-order valence-corrected chi connectivity index (χ3v) is 5.05. The molecule has 7 heteroatoms. The van der Waals surface area contributed by atoms with Crippen LogP contribution in [0.4, 0.5) is 0 Å². The molecule has 0 bridgehead atoms. The van der Waals surface area contributed by atoms with Crippen molar-refractivity contribution in [3.05, 3.63) is 52.0 Å². The van der Waals surface area contributed by atoms with Crippen LogP contribution in [0, 0.1) is 6.92 Å². The smallest absolute Gasteiger partial charge is 0.191 e. The first kappa shape index (κ1) is 23.8. The van der Waals surface area contributed by atoms with Crippen molar-refractivity contribution in [3.63, 3.8) is 0 Å². The fourth-order valence-electron chi connectivity index (χ4n) is 2.56. The van der Waals surface area contributed by atoms with Crippen molar-refractivity contribution < 1.29 is 0 Å². The second kappa shape index (κ2) is 13.1. The van der Waals surface area contributed by atoms with Crippen LogP contribution in [0.25, 0.3) is 0 Å². The summed E-state index contributed by atoms with van der Waals surface area (Å²) in [6, 6.07) is 10.9. The van der Waals surface area contributed by atoms with Crippen molar-refractivity contribution in [2.45, 2.75) is 39.8 Å². The van der Waals surface area contributed by atoms with Gasteiger partial charge in [-0.1, -0.05) is 30.3 Å². The Balaban J connectivity index is 0.00000364. The Kier molecular flexibility index (Phi) is 11.5. The highest BCUT2D eigenvalue weighted by Crippen LogP contribution is 2.08. The Morgan fingerprint density at radius 1 is 1.26 bits per heavy atom. The molecule has 1 atom stereocenters. The molecule has 0 saturated heterocycles. The van der Waals surface area contributed by atoms with Gasteiger partial charge in [-0.2, -0.15) is 0 Å². The summed E-state index contributed by atoms with van der Waals surface area (Å²) in [7, 11) is 2.15. The van der Waals surface area contributed by atoms with E-state index in [1.165, 1.54) is 5.56 Å². The molecule has 0 aliphatic rings. The summed E-state index contributed by atoms with van der Waals surface area (Å²) in [5, 5.41) is 9.98. The average Bonchev–Trinajstić information content (AvgIpc) is 3.05. The van der Waals surface area contributed by atoms with Crippen molar-refractivity contribution in [1.82, 2.24) is 20.5 Å². The molecule has 0 aliphatic heterocycles. The number of hydrogen-bond donors (Lipinski definition) is 2. The molecule has 0 aliphatic carbocycles. The number of aliphatic imine (C=N–C) groups is 1. The summed E-state index contributed by atoms with van der Waals surface area (Å²) in [6.45, 7) is 9.73. The summed E-state index contributed by atoms with van der Waals surface area (Å²) >= 11 is 1.70. The van der Waals surface area contributed by atoms with Crippen molar-refractivity contribution in [1.29, 1.82) is 0 Å². The quantitative estimate of drug-likeness (QED) is 0.313. The van der Waals surface area contributed by atoms with E-state index in [1.54, 1.807) is 11.3 Å². The van der Waals surface area contributed by atoms with Crippen molar-refractivity contribution in [2.24, 2.45) is 4.99 Å². The maximum atomic E-state index is 4.75. The zero-order valence-electron chi connectivity index (χ0n) is 16.7. The van der Waals surface area contributed by atoms with Crippen molar-refractivity contribution in [3.8, 4) is 0 Å². The van der Waals surface area contributed by atoms with Gasteiger partial charge >= 0.3 is 0 Å². The zero-order valence-corrected chi connectivity index (χ0v) is 19.9. The van der Waals surface area contributed by atoms with Gasteiger partial charge in [-0.25, -0.2) is 4.98 Å². The van der Waals surface area contributed by atoms with Crippen LogP contribution in [0.3, 0.4) is 0 Å². The number of likely N-dealkylation sites (N-methyl/N-ethyl adjacent to an activating group) is 1. The van der Waals surface area contributed by atoms with E-state index in [1.807, 2.05) is 6.92 Å². The first-order valence-corrected chi connectivity index (χ1v) is 10.1. The number of thiazole rings is 1. The van der Waals surface area contributed by atoms with Gasteiger partial charge in [0, 0.05) is 37.5 Å². The number of benzene rings is 1. The fraction of sp³-hybridized carbons (Fsp3) is 0.500.